The number of aliphatic hydroxyl groups excluding tert-OH is 1. The van der Waals surface area contributed by atoms with Crippen molar-refractivity contribution in [3.63, 3.8) is 0 Å². The topological polar surface area (TPSA) is 70.7 Å². The van der Waals surface area contributed by atoms with Gasteiger partial charge in [0.15, 0.2) is 6.10 Å². The molecular formula is C8H8O4. The summed E-state index contributed by atoms with van der Waals surface area (Å²) in [5.74, 6) is -0.770. The second-order valence-electron chi connectivity index (χ2n) is 2.16. The van der Waals surface area contributed by atoms with E-state index in [1.807, 2.05) is 0 Å². The third-order valence-corrected chi connectivity index (χ3v) is 1.24. The number of furan rings is 1. The molecule has 0 amide bonds. The maximum atomic E-state index is 10.1. The van der Waals surface area contributed by atoms with E-state index >= 15 is 0 Å². The van der Waals surface area contributed by atoms with Crippen LogP contribution in [0.3, 0.4) is 0 Å². The summed E-state index contributed by atoms with van der Waals surface area (Å²) in [5, 5.41) is 17.1. The molecule has 4 heteroatoms. The highest BCUT2D eigenvalue weighted by atomic mass is 16.4. The van der Waals surface area contributed by atoms with E-state index in [2.05, 4.69) is 0 Å². The molecule has 0 aliphatic carbocycles. The zero-order chi connectivity index (χ0) is 8.97. The minimum absolute atomic E-state index is 0.510. The van der Waals surface area contributed by atoms with Gasteiger partial charge in [-0.2, -0.15) is 0 Å². The predicted molar refractivity (Wildman–Crippen MR) is 41.4 cm³/mol. The van der Waals surface area contributed by atoms with Crippen LogP contribution in [0.5, 0.6) is 0 Å². The molecule has 0 bridgehead atoms. The van der Waals surface area contributed by atoms with E-state index in [1.165, 1.54) is 12.3 Å². The molecule has 2 N–H and O–H groups in total. The Labute approximate surface area is 68.7 Å². The summed E-state index contributed by atoms with van der Waals surface area (Å²) in [5.41, 5.74) is 0. The van der Waals surface area contributed by atoms with Crippen molar-refractivity contribution in [2.45, 2.75) is 6.10 Å². The molecule has 0 fully saturated rings. The first-order valence-electron chi connectivity index (χ1n) is 3.33. The number of aliphatic carboxylic acids is 1. The highest BCUT2D eigenvalue weighted by molar-refractivity contribution is 5.75. The zero-order valence-corrected chi connectivity index (χ0v) is 6.18. The van der Waals surface area contributed by atoms with Crippen molar-refractivity contribution in [3.8, 4) is 0 Å². The maximum absolute atomic E-state index is 10.1. The molecule has 64 valence electrons. The Balaban J connectivity index is 2.56. The average Bonchev–Trinajstić information content (AvgIpc) is 2.51. The van der Waals surface area contributed by atoms with Crippen LogP contribution in [-0.4, -0.2) is 22.3 Å². The number of rotatable bonds is 3. The summed E-state index contributed by atoms with van der Waals surface area (Å²) < 4.78 is 4.87. The van der Waals surface area contributed by atoms with Gasteiger partial charge in [-0.25, -0.2) is 4.79 Å². The SMILES string of the molecule is O=C(O)[C@H](O)/C=C/c1ccco1. The zero-order valence-electron chi connectivity index (χ0n) is 6.18. The number of carboxylic acids is 1. The Hall–Kier alpha value is -1.55. The highest BCUT2D eigenvalue weighted by Crippen LogP contribution is 2.02. The highest BCUT2D eigenvalue weighted by Gasteiger charge is 2.07. The van der Waals surface area contributed by atoms with Crippen LogP contribution >= 0.6 is 0 Å². The normalized spacial score (nSPS) is 13.4. The molecule has 0 saturated carbocycles. The van der Waals surface area contributed by atoms with Gasteiger partial charge in [0.05, 0.1) is 6.26 Å². The molecule has 0 saturated heterocycles. The van der Waals surface area contributed by atoms with E-state index in [4.69, 9.17) is 14.6 Å². The largest absolute Gasteiger partial charge is 0.479 e. The Morgan fingerprint density at radius 3 is 2.92 bits per heavy atom. The number of hydrogen-bond acceptors (Lipinski definition) is 3. The van der Waals surface area contributed by atoms with E-state index in [9.17, 15) is 4.79 Å². The van der Waals surface area contributed by atoms with Crippen LogP contribution in [0.1, 0.15) is 5.76 Å². The minimum Gasteiger partial charge on any atom is -0.479 e. The van der Waals surface area contributed by atoms with Crippen molar-refractivity contribution in [1.82, 2.24) is 0 Å². The Bertz CT molecular complexity index is 273. The molecule has 4 nitrogen and oxygen atoms in total. The fraction of sp³-hybridized carbons (Fsp3) is 0.125. The van der Waals surface area contributed by atoms with E-state index in [1.54, 1.807) is 12.1 Å². The number of carboxylic acid groups (broad SMARTS) is 1. The first-order valence-corrected chi connectivity index (χ1v) is 3.33. The van der Waals surface area contributed by atoms with Gasteiger partial charge < -0.3 is 14.6 Å². The standard InChI is InChI=1S/C8H8O4/c9-7(8(10)11)4-3-6-2-1-5-12-6/h1-5,7,9H,(H,10,11)/b4-3+/t7-/m1/s1. The number of hydrogen-bond donors (Lipinski definition) is 2. The lowest BCUT2D eigenvalue weighted by atomic mass is 10.3. The van der Waals surface area contributed by atoms with E-state index in [-0.39, 0.29) is 0 Å². The summed E-state index contributed by atoms with van der Waals surface area (Å²) >= 11 is 0. The molecule has 1 aromatic heterocycles. The van der Waals surface area contributed by atoms with Gasteiger partial charge in [-0.3, -0.25) is 0 Å². The number of aliphatic hydroxyl groups is 1. The van der Waals surface area contributed by atoms with Gasteiger partial charge in [-0.15, -0.1) is 0 Å². The second kappa shape index (κ2) is 3.73. The van der Waals surface area contributed by atoms with Crippen LogP contribution in [0.2, 0.25) is 0 Å². The van der Waals surface area contributed by atoms with Crippen molar-refractivity contribution in [3.05, 3.63) is 30.2 Å². The molecule has 0 aromatic carbocycles. The molecule has 0 aliphatic heterocycles. The van der Waals surface area contributed by atoms with Crippen molar-refractivity contribution >= 4 is 12.0 Å². The molecule has 1 heterocycles. The first kappa shape index (κ1) is 8.55. The van der Waals surface area contributed by atoms with Crippen LogP contribution in [0.4, 0.5) is 0 Å². The van der Waals surface area contributed by atoms with E-state index in [0.717, 1.165) is 6.08 Å². The van der Waals surface area contributed by atoms with Crippen molar-refractivity contribution in [2.24, 2.45) is 0 Å². The monoisotopic (exact) mass is 168 g/mol. The maximum Gasteiger partial charge on any atom is 0.336 e. The van der Waals surface area contributed by atoms with Crippen LogP contribution < -0.4 is 0 Å². The third kappa shape index (κ3) is 2.25. The van der Waals surface area contributed by atoms with Gasteiger partial charge >= 0.3 is 5.97 Å². The van der Waals surface area contributed by atoms with Crippen LogP contribution in [0.25, 0.3) is 6.08 Å². The molecule has 0 spiro atoms. The second-order valence-corrected chi connectivity index (χ2v) is 2.16. The summed E-state index contributed by atoms with van der Waals surface area (Å²) in [4.78, 5) is 10.1. The lowest BCUT2D eigenvalue weighted by Gasteiger charge is -1.94. The van der Waals surface area contributed by atoms with Crippen LogP contribution in [0.15, 0.2) is 28.9 Å². The van der Waals surface area contributed by atoms with Gasteiger partial charge in [0, 0.05) is 0 Å². The molecular weight excluding hydrogens is 160 g/mol. The van der Waals surface area contributed by atoms with Crippen LogP contribution in [-0.2, 0) is 4.79 Å². The van der Waals surface area contributed by atoms with Crippen molar-refractivity contribution in [2.75, 3.05) is 0 Å². The van der Waals surface area contributed by atoms with Crippen LogP contribution in [0, 0.1) is 0 Å². The van der Waals surface area contributed by atoms with Gasteiger partial charge in [0.25, 0.3) is 0 Å². The van der Waals surface area contributed by atoms with Crippen molar-refractivity contribution < 1.29 is 19.4 Å². The Kier molecular flexibility index (Phi) is 2.66. The lowest BCUT2D eigenvalue weighted by molar-refractivity contribution is -0.143. The summed E-state index contributed by atoms with van der Waals surface area (Å²) in [6, 6.07) is 3.33. The summed E-state index contributed by atoms with van der Waals surface area (Å²) in [6.45, 7) is 0. The lowest BCUT2D eigenvalue weighted by Crippen LogP contribution is -2.15. The smallest absolute Gasteiger partial charge is 0.336 e. The molecule has 0 unspecified atom stereocenters. The number of carbonyl (C=O) groups is 1. The van der Waals surface area contributed by atoms with E-state index < -0.39 is 12.1 Å². The fourth-order valence-corrected chi connectivity index (χ4v) is 0.654. The quantitative estimate of drug-likeness (QED) is 0.698. The molecule has 12 heavy (non-hydrogen) atoms. The molecule has 1 rings (SSSR count). The van der Waals surface area contributed by atoms with Crippen molar-refractivity contribution in [1.29, 1.82) is 0 Å². The van der Waals surface area contributed by atoms with Gasteiger partial charge in [-0.1, -0.05) is 0 Å². The van der Waals surface area contributed by atoms with Gasteiger partial charge in [0.2, 0.25) is 0 Å². The Morgan fingerprint density at radius 2 is 2.42 bits per heavy atom. The van der Waals surface area contributed by atoms with Gasteiger partial charge in [0.1, 0.15) is 5.76 Å². The molecule has 1 atom stereocenters. The third-order valence-electron chi connectivity index (χ3n) is 1.24. The summed E-state index contributed by atoms with van der Waals surface area (Å²) in [6.07, 6.45) is 2.53. The average molecular weight is 168 g/mol. The van der Waals surface area contributed by atoms with E-state index in [0.29, 0.717) is 5.76 Å². The molecule has 1 aromatic rings. The first-order chi connectivity index (χ1) is 5.70. The Morgan fingerprint density at radius 1 is 1.67 bits per heavy atom. The molecule has 0 radical (unpaired) electrons. The summed E-state index contributed by atoms with van der Waals surface area (Å²) in [7, 11) is 0. The predicted octanol–water partition coefficient (Wildman–Crippen LogP) is 0.738. The van der Waals surface area contributed by atoms with Gasteiger partial charge in [-0.05, 0) is 24.3 Å². The fourth-order valence-electron chi connectivity index (χ4n) is 0.654. The molecule has 0 aliphatic rings. The minimum atomic E-state index is -1.48.